The number of aromatic nitrogens is 1. The molecule has 0 saturated carbocycles. The molecule has 0 fully saturated rings. The smallest absolute Gasteiger partial charge is 0.251 e. The highest BCUT2D eigenvalue weighted by molar-refractivity contribution is 5.93. The van der Waals surface area contributed by atoms with Crippen molar-refractivity contribution in [2.45, 2.75) is 6.10 Å². The Bertz CT molecular complexity index is 677. The number of nitrogens with zero attached hydrogens (tertiary/aromatic N) is 1. The molecule has 120 valence electrons. The molecule has 7 nitrogen and oxygen atoms in total. The van der Waals surface area contributed by atoms with E-state index in [-0.39, 0.29) is 25.9 Å². The molecule has 0 aliphatic carbocycles. The van der Waals surface area contributed by atoms with Gasteiger partial charge in [0.15, 0.2) is 11.5 Å². The van der Waals surface area contributed by atoms with E-state index in [1.165, 1.54) is 12.4 Å². The molecule has 0 spiro atoms. The zero-order chi connectivity index (χ0) is 16.1. The molecule has 1 amide bonds. The summed E-state index contributed by atoms with van der Waals surface area (Å²) in [5.74, 6) is 1.58. The molecule has 2 aromatic rings. The lowest BCUT2D eigenvalue weighted by Crippen LogP contribution is -2.35. The molecule has 7 heteroatoms. The molecule has 1 aliphatic rings. The number of ether oxygens (including phenoxy) is 3. The van der Waals surface area contributed by atoms with Gasteiger partial charge in [0.2, 0.25) is 6.79 Å². The molecule has 1 unspecified atom stereocenters. The molecule has 23 heavy (non-hydrogen) atoms. The summed E-state index contributed by atoms with van der Waals surface area (Å²) >= 11 is 0. The molecule has 2 heterocycles. The van der Waals surface area contributed by atoms with E-state index in [4.69, 9.17) is 14.2 Å². The minimum absolute atomic E-state index is 0.0519. The third-order valence-corrected chi connectivity index (χ3v) is 3.23. The summed E-state index contributed by atoms with van der Waals surface area (Å²) in [7, 11) is 0. The van der Waals surface area contributed by atoms with Crippen LogP contribution in [0.25, 0.3) is 0 Å². The maximum atomic E-state index is 11.8. The lowest BCUT2D eigenvalue weighted by atomic mass is 10.2. The number of aliphatic hydroxyl groups is 1. The number of aliphatic hydroxyl groups excluding tert-OH is 1. The molecule has 0 bridgehead atoms. The van der Waals surface area contributed by atoms with Gasteiger partial charge >= 0.3 is 0 Å². The fourth-order valence-electron chi connectivity index (χ4n) is 2.03. The molecular formula is C16H16N2O5. The number of carbonyl (C=O) groups is 1. The first kappa shape index (κ1) is 15.1. The van der Waals surface area contributed by atoms with Crippen LogP contribution in [0.2, 0.25) is 0 Å². The van der Waals surface area contributed by atoms with E-state index in [1.807, 2.05) is 0 Å². The fraction of sp³-hybridized carbons (Fsp3) is 0.250. The maximum absolute atomic E-state index is 11.8. The van der Waals surface area contributed by atoms with Gasteiger partial charge in [0.1, 0.15) is 18.5 Å². The van der Waals surface area contributed by atoms with E-state index >= 15 is 0 Å². The molecule has 0 saturated heterocycles. The lowest BCUT2D eigenvalue weighted by molar-refractivity contribution is 0.0843. The average molecular weight is 316 g/mol. The highest BCUT2D eigenvalue weighted by Crippen LogP contribution is 2.35. The number of hydrogen-bond acceptors (Lipinski definition) is 6. The number of rotatable bonds is 6. The largest absolute Gasteiger partial charge is 0.491 e. The van der Waals surface area contributed by atoms with Gasteiger partial charge in [0, 0.05) is 30.6 Å². The van der Waals surface area contributed by atoms with Gasteiger partial charge in [0.05, 0.1) is 0 Å². The predicted octanol–water partition coefficient (Wildman–Crippen LogP) is 0.980. The second kappa shape index (κ2) is 6.97. The monoisotopic (exact) mass is 316 g/mol. The average Bonchev–Trinajstić information content (AvgIpc) is 3.06. The van der Waals surface area contributed by atoms with Crippen LogP contribution in [-0.2, 0) is 0 Å². The van der Waals surface area contributed by atoms with Gasteiger partial charge in [0.25, 0.3) is 5.91 Å². The van der Waals surface area contributed by atoms with Crippen LogP contribution in [0.4, 0.5) is 0 Å². The van der Waals surface area contributed by atoms with E-state index in [1.54, 1.807) is 30.3 Å². The molecular weight excluding hydrogens is 300 g/mol. The van der Waals surface area contributed by atoms with E-state index in [2.05, 4.69) is 10.3 Å². The normalized spacial score (nSPS) is 13.4. The second-order valence-electron chi connectivity index (χ2n) is 4.93. The summed E-state index contributed by atoms with van der Waals surface area (Å²) in [4.78, 5) is 15.7. The van der Waals surface area contributed by atoms with Crippen LogP contribution >= 0.6 is 0 Å². The number of amides is 1. The number of fused-ring (bicyclic) bond motifs is 1. The van der Waals surface area contributed by atoms with Crippen LogP contribution in [0, 0.1) is 0 Å². The highest BCUT2D eigenvalue weighted by atomic mass is 16.7. The van der Waals surface area contributed by atoms with Crippen molar-refractivity contribution in [3.63, 3.8) is 0 Å². The zero-order valence-corrected chi connectivity index (χ0v) is 12.3. The quantitative estimate of drug-likeness (QED) is 0.826. The lowest BCUT2D eigenvalue weighted by Gasteiger charge is -2.13. The first-order chi connectivity index (χ1) is 11.2. The van der Waals surface area contributed by atoms with Crippen molar-refractivity contribution in [3.05, 3.63) is 48.3 Å². The number of nitrogens with one attached hydrogen (secondary N) is 1. The van der Waals surface area contributed by atoms with Gasteiger partial charge in [-0.3, -0.25) is 9.78 Å². The van der Waals surface area contributed by atoms with Crippen molar-refractivity contribution in [2.24, 2.45) is 0 Å². The Morgan fingerprint density at radius 1 is 1.26 bits per heavy atom. The van der Waals surface area contributed by atoms with Crippen LogP contribution in [0.1, 0.15) is 10.4 Å². The Morgan fingerprint density at radius 2 is 2.04 bits per heavy atom. The zero-order valence-electron chi connectivity index (χ0n) is 12.3. The topological polar surface area (TPSA) is 89.9 Å². The standard InChI is InChI=1S/C16H16N2O5/c19-12(8-18-16(20)11-3-5-17-6-4-11)9-21-13-1-2-14-15(7-13)23-10-22-14/h1-7,12,19H,8-10H2,(H,18,20). The number of pyridine rings is 1. The molecule has 0 radical (unpaired) electrons. The molecule has 1 aromatic heterocycles. The van der Waals surface area contributed by atoms with Crippen molar-refractivity contribution in [1.82, 2.24) is 10.3 Å². The van der Waals surface area contributed by atoms with Crippen molar-refractivity contribution in [2.75, 3.05) is 19.9 Å². The van der Waals surface area contributed by atoms with Gasteiger partial charge < -0.3 is 24.6 Å². The van der Waals surface area contributed by atoms with Gasteiger partial charge in [-0.1, -0.05) is 0 Å². The van der Waals surface area contributed by atoms with Gasteiger partial charge in [-0.05, 0) is 24.3 Å². The summed E-state index contributed by atoms with van der Waals surface area (Å²) in [5.41, 5.74) is 0.490. The summed E-state index contributed by atoms with van der Waals surface area (Å²) in [5, 5.41) is 12.5. The van der Waals surface area contributed by atoms with E-state index in [0.29, 0.717) is 22.8 Å². The molecule has 2 N–H and O–H groups in total. The van der Waals surface area contributed by atoms with Crippen LogP contribution in [0.5, 0.6) is 17.2 Å². The highest BCUT2D eigenvalue weighted by Gasteiger charge is 2.15. The van der Waals surface area contributed by atoms with Crippen molar-refractivity contribution in [3.8, 4) is 17.2 Å². The van der Waals surface area contributed by atoms with Crippen LogP contribution in [-0.4, -0.2) is 42.0 Å². The van der Waals surface area contributed by atoms with Crippen molar-refractivity contribution in [1.29, 1.82) is 0 Å². The Balaban J connectivity index is 1.44. The fourth-order valence-corrected chi connectivity index (χ4v) is 2.03. The minimum Gasteiger partial charge on any atom is -0.491 e. The summed E-state index contributed by atoms with van der Waals surface area (Å²) in [6, 6.07) is 8.38. The van der Waals surface area contributed by atoms with Gasteiger partial charge in [-0.15, -0.1) is 0 Å². The third kappa shape index (κ3) is 3.89. The van der Waals surface area contributed by atoms with Crippen molar-refractivity contribution < 1.29 is 24.1 Å². The van der Waals surface area contributed by atoms with E-state index in [9.17, 15) is 9.90 Å². The SMILES string of the molecule is O=C(NCC(O)COc1ccc2c(c1)OCO2)c1ccncc1. The van der Waals surface area contributed by atoms with Crippen LogP contribution < -0.4 is 19.5 Å². The molecule has 1 atom stereocenters. The number of hydrogen-bond donors (Lipinski definition) is 2. The van der Waals surface area contributed by atoms with Crippen molar-refractivity contribution >= 4 is 5.91 Å². The third-order valence-electron chi connectivity index (χ3n) is 3.23. The maximum Gasteiger partial charge on any atom is 0.251 e. The second-order valence-corrected chi connectivity index (χ2v) is 4.93. The molecule has 3 rings (SSSR count). The minimum atomic E-state index is -0.828. The first-order valence-corrected chi connectivity index (χ1v) is 7.11. The summed E-state index contributed by atoms with van der Waals surface area (Å²) in [6.07, 6.45) is 2.24. The molecule has 1 aliphatic heterocycles. The Kier molecular flexibility index (Phi) is 4.58. The Hall–Kier alpha value is -2.80. The van der Waals surface area contributed by atoms with Gasteiger partial charge in [-0.25, -0.2) is 0 Å². The van der Waals surface area contributed by atoms with Gasteiger partial charge in [-0.2, -0.15) is 0 Å². The summed E-state index contributed by atoms with van der Waals surface area (Å²) in [6.45, 7) is 0.338. The van der Waals surface area contributed by atoms with Crippen LogP contribution in [0.3, 0.4) is 0 Å². The number of benzene rings is 1. The summed E-state index contributed by atoms with van der Waals surface area (Å²) < 4.78 is 15.9. The predicted molar refractivity (Wildman–Crippen MR) is 80.6 cm³/mol. The van der Waals surface area contributed by atoms with E-state index < -0.39 is 6.10 Å². The molecule has 1 aromatic carbocycles. The Labute approximate surface area is 132 Å². The number of carbonyl (C=O) groups excluding carboxylic acids is 1. The van der Waals surface area contributed by atoms with Crippen LogP contribution in [0.15, 0.2) is 42.7 Å². The first-order valence-electron chi connectivity index (χ1n) is 7.11. The van der Waals surface area contributed by atoms with E-state index in [0.717, 1.165) is 0 Å². The Morgan fingerprint density at radius 3 is 2.87 bits per heavy atom.